The highest BCUT2D eigenvalue weighted by Crippen LogP contribution is 2.37. The molecule has 1 unspecified atom stereocenters. The number of terminal acetylenes is 1. The van der Waals surface area contributed by atoms with Crippen molar-refractivity contribution >= 4 is 34.1 Å². The van der Waals surface area contributed by atoms with Crippen LogP contribution in [-0.4, -0.2) is 96.8 Å². The van der Waals surface area contributed by atoms with Crippen molar-refractivity contribution in [1.82, 2.24) is 15.0 Å². The summed E-state index contributed by atoms with van der Waals surface area (Å²) in [5.41, 5.74) is 4.20. The van der Waals surface area contributed by atoms with Gasteiger partial charge in [0.05, 0.1) is 55.9 Å². The summed E-state index contributed by atoms with van der Waals surface area (Å²) in [7, 11) is 1.67. The summed E-state index contributed by atoms with van der Waals surface area (Å²) in [5.74, 6) is 1.41. The van der Waals surface area contributed by atoms with Crippen molar-refractivity contribution < 1.29 is 19.1 Å². The van der Waals surface area contributed by atoms with Gasteiger partial charge in [-0.2, -0.15) is 0 Å². The maximum Gasteiger partial charge on any atom is 0.180 e. The summed E-state index contributed by atoms with van der Waals surface area (Å²) in [6, 6.07) is 9.05. The van der Waals surface area contributed by atoms with E-state index in [4.69, 9.17) is 32.5 Å². The minimum absolute atomic E-state index is 0.445. The van der Waals surface area contributed by atoms with E-state index >= 15 is 0 Å². The zero-order chi connectivity index (χ0) is 25.3. The van der Waals surface area contributed by atoms with Crippen molar-refractivity contribution in [3.05, 3.63) is 29.4 Å². The molecule has 36 heavy (non-hydrogen) atoms. The van der Waals surface area contributed by atoms with E-state index in [1.165, 1.54) is 0 Å². The number of benzene rings is 1. The number of aromatic nitrogens is 3. The number of aliphatic hydroxyl groups excluding tert-OH is 1. The Kier molecular flexibility index (Phi) is 6.95. The monoisotopic (exact) mass is 511 g/mol. The molecular formula is C26H32ClN6O3+. The normalized spacial score (nSPS) is 18.8. The maximum absolute atomic E-state index is 9.93. The highest BCUT2D eigenvalue weighted by atomic mass is 35.5. The Morgan fingerprint density at radius 3 is 2.67 bits per heavy atom. The lowest BCUT2D eigenvalue weighted by Crippen LogP contribution is -2.59. The molecule has 2 saturated heterocycles. The van der Waals surface area contributed by atoms with Gasteiger partial charge in [-0.15, -0.1) is 0 Å². The third kappa shape index (κ3) is 4.70. The van der Waals surface area contributed by atoms with Gasteiger partial charge in [0.2, 0.25) is 0 Å². The number of nitrogens with one attached hydrogen (secondary N) is 1. The lowest BCUT2D eigenvalue weighted by atomic mass is 10.1. The quantitative estimate of drug-likeness (QED) is 0.389. The van der Waals surface area contributed by atoms with E-state index in [-0.39, 0.29) is 0 Å². The van der Waals surface area contributed by atoms with E-state index < -0.39 is 6.10 Å². The van der Waals surface area contributed by atoms with E-state index in [9.17, 15) is 5.11 Å². The minimum atomic E-state index is -0.455. The van der Waals surface area contributed by atoms with Crippen LogP contribution in [0.3, 0.4) is 0 Å². The zero-order valence-corrected chi connectivity index (χ0v) is 21.5. The van der Waals surface area contributed by atoms with Crippen molar-refractivity contribution in [3.8, 4) is 29.6 Å². The molecule has 0 aliphatic carbocycles. The van der Waals surface area contributed by atoms with Crippen LogP contribution in [0, 0.1) is 12.5 Å². The van der Waals surface area contributed by atoms with Crippen molar-refractivity contribution in [1.29, 1.82) is 0 Å². The molecule has 9 nitrogen and oxygen atoms in total. The number of quaternary nitrogens is 1. The number of piperazine rings is 1. The second kappa shape index (κ2) is 10.1. The molecule has 4 heterocycles. The number of aromatic amines is 1. The summed E-state index contributed by atoms with van der Waals surface area (Å²) >= 11 is 6.67. The number of fused-ring (bicyclic) bond motifs is 1. The molecule has 2 aromatic heterocycles. The van der Waals surface area contributed by atoms with Gasteiger partial charge in [-0.05, 0) is 19.1 Å². The van der Waals surface area contributed by atoms with Gasteiger partial charge in [0, 0.05) is 24.8 Å². The van der Waals surface area contributed by atoms with Crippen LogP contribution in [0.1, 0.15) is 6.92 Å². The number of rotatable bonds is 6. The average molecular weight is 512 g/mol. The molecule has 5 rings (SSSR count). The number of imidazole rings is 1. The van der Waals surface area contributed by atoms with Gasteiger partial charge >= 0.3 is 0 Å². The molecule has 2 aliphatic rings. The van der Waals surface area contributed by atoms with Gasteiger partial charge < -0.3 is 29.4 Å². The van der Waals surface area contributed by atoms with E-state index in [1.54, 1.807) is 20.2 Å². The van der Waals surface area contributed by atoms with Crippen LogP contribution in [0.5, 0.6) is 5.75 Å². The Balaban J connectivity index is 1.46. The number of ether oxygens (including phenoxy) is 2. The predicted octanol–water partition coefficient (Wildman–Crippen LogP) is 2.73. The number of pyridine rings is 1. The van der Waals surface area contributed by atoms with E-state index in [0.29, 0.717) is 40.6 Å². The first-order valence-electron chi connectivity index (χ1n) is 12.3. The SMILES string of the molecule is C#C[N+]1(CC(C)O)CCN(c2c(Cl)cnc3nc(-c4ccc(N5CCOCC5)cc4OC)[nH]c23)CC1. The molecule has 3 aromatic rings. The van der Waals surface area contributed by atoms with E-state index in [2.05, 4.69) is 31.9 Å². The number of nitrogens with zero attached hydrogens (tertiary/aromatic N) is 5. The molecule has 0 radical (unpaired) electrons. The number of H-pyrrole nitrogens is 1. The topological polar surface area (TPSA) is 86.7 Å². The van der Waals surface area contributed by atoms with Crippen molar-refractivity contribution in [2.24, 2.45) is 0 Å². The fourth-order valence-corrected chi connectivity index (χ4v) is 5.46. The second-order valence-electron chi connectivity index (χ2n) is 9.46. The van der Waals surface area contributed by atoms with Crippen molar-refractivity contribution in [3.63, 3.8) is 0 Å². The Morgan fingerprint density at radius 1 is 1.25 bits per heavy atom. The number of anilines is 2. The molecule has 10 heteroatoms. The van der Waals surface area contributed by atoms with Crippen LogP contribution in [0.15, 0.2) is 24.4 Å². The molecule has 2 fully saturated rings. The smallest absolute Gasteiger partial charge is 0.180 e. The highest BCUT2D eigenvalue weighted by Gasteiger charge is 2.35. The third-order valence-electron chi connectivity index (χ3n) is 7.06. The summed E-state index contributed by atoms with van der Waals surface area (Å²) in [5, 5.41) is 10.5. The summed E-state index contributed by atoms with van der Waals surface area (Å²) in [4.78, 5) is 17.2. The lowest BCUT2D eigenvalue weighted by Gasteiger charge is -2.41. The number of morpholine rings is 1. The summed E-state index contributed by atoms with van der Waals surface area (Å²) in [6.07, 6.45) is 7.06. The first kappa shape index (κ1) is 24.7. The van der Waals surface area contributed by atoms with E-state index in [0.717, 1.165) is 67.6 Å². The molecule has 0 bridgehead atoms. The molecule has 0 saturated carbocycles. The summed E-state index contributed by atoms with van der Waals surface area (Å²) < 4.78 is 11.7. The minimum Gasteiger partial charge on any atom is -0.496 e. The highest BCUT2D eigenvalue weighted by molar-refractivity contribution is 6.34. The van der Waals surface area contributed by atoms with Gasteiger partial charge in [0.1, 0.15) is 48.9 Å². The summed E-state index contributed by atoms with van der Waals surface area (Å²) in [6.45, 7) is 8.33. The van der Waals surface area contributed by atoms with Gasteiger partial charge in [0.15, 0.2) is 5.65 Å². The molecule has 2 aliphatic heterocycles. The van der Waals surface area contributed by atoms with Crippen LogP contribution in [0.2, 0.25) is 5.02 Å². The van der Waals surface area contributed by atoms with Gasteiger partial charge in [-0.3, -0.25) is 0 Å². The number of methoxy groups -OCH3 is 1. The number of hydrogen-bond acceptors (Lipinski definition) is 7. The van der Waals surface area contributed by atoms with Crippen LogP contribution in [0.25, 0.3) is 22.6 Å². The molecule has 1 atom stereocenters. The van der Waals surface area contributed by atoms with E-state index in [1.807, 2.05) is 12.1 Å². The zero-order valence-electron chi connectivity index (χ0n) is 20.7. The predicted molar refractivity (Wildman–Crippen MR) is 142 cm³/mol. The fourth-order valence-electron chi connectivity index (χ4n) is 5.19. The Hall–Kier alpha value is -3.03. The second-order valence-corrected chi connectivity index (χ2v) is 9.87. The first-order chi connectivity index (χ1) is 17.4. The van der Waals surface area contributed by atoms with Gasteiger partial charge in [-0.25, -0.2) is 14.5 Å². The molecular weight excluding hydrogens is 480 g/mol. The first-order valence-corrected chi connectivity index (χ1v) is 12.6. The van der Waals surface area contributed by atoms with Crippen LogP contribution in [-0.2, 0) is 4.74 Å². The van der Waals surface area contributed by atoms with Crippen LogP contribution >= 0.6 is 11.6 Å². The number of aliphatic hydroxyl groups is 1. The number of halogens is 1. The molecule has 0 spiro atoms. The largest absolute Gasteiger partial charge is 0.496 e. The molecule has 1 aromatic carbocycles. The fraction of sp³-hybridized carbons (Fsp3) is 0.462. The number of hydrogen-bond donors (Lipinski definition) is 2. The average Bonchev–Trinajstić information content (AvgIpc) is 3.33. The standard InChI is InChI=1S/C26H32ClN6O3/c1-4-33(17-18(2)34)11-7-32(8-12-33)24-21(27)16-28-26-23(24)29-25(30-26)20-6-5-19(15-22(20)35-3)31-9-13-36-14-10-31/h1,5-6,15-16,18,34H,7-14,17H2,2-3H3,(H,28,29,30)/q+1. The third-order valence-corrected chi connectivity index (χ3v) is 7.34. The van der Waals surface area contributed by atoms with Gasteiger partial charge in [0.25, 0.3) is 0 Å². The Bertz CT molecular complexity index is 1270. The van der Waals surface area contributed by atoms with Crippen molar-refractivity contribution in [2.45, 2.75) is 13.0 Å². The van der Waals surface area contributed by atoms with Crippen LogP contribution in [0.4, 0.5) is 11.4 Å². The van der Waals surface area contributed by atoms with Gasteiger partial charge in [-0.1, -0.05) is 18.0 Å². The molecule has 2 N–H and O–H groups in total. The Labute approximate surface area is 216 Å². The lowest BCUT2D eigenvalue weighted by molar-refractivity contribution is -0.867. The molecule has 190 valence electrons. The molecule has 0 amide bonds. The Morgan fingerprint density at radius 2 is 2.00 bits per heavy atom. The maximum atomic E-state index is 9.93. The van der Waals surface area contributed by atoms with Crippen LogP contribution < -0.4 is 14.5 Å². The van der Waals surface area contributed by atoms with Crippen molar-refractivity contribution in [2.75, 3.05) is 75.9 Å².